The molecule has 6 heteroatoms. The number of aromatic amines is 1. The molecule has 0 saturated heterocycles. The van der Waals surface area contributed by atoms with Gasteiger partial charge in [0.2, 0.25) is 0 Å². The number of thioether (sulfide) groups is 1. The van der Waals surface area contributed by atoms with Crippen LogP contribution < -0.4 is 0 Å². The van der Waals surface area contributed by atoms with Crippen LogP contribution in [0.2, 0.25) is 0 Å². The van der Waals surface area contributed by atoms with Crippen molar-refractivity contribution in [2.75, 3.05) is 0 Å². The SMILES string of the molecule is Cn1ncnc1SCc1cn[nH]c1. The Bertz CT molecular complexity index is 366. The van der Waals surface area contributed by atoms with Crippen LogP contribution in [0.5, 0.6) is 0 Å². The minimum absolute atomic E-state index is 0.864. The molecule has 0 saturated carbocycles. The minimum Gasteiger partial charge on any atom is -0.285 e. The van der Waals surface area contributed by atoms with Gasteiger partial charge in [-0.1, -0.05) is 11.8 Å². The van der Waals surface area contributed by atoms with Gasteiger partial charge in [0, 0.05) is 24.6 Å². The van der Waals surface area contributed by atoms with E-state index in [2.05, 4.69) is 20.3 Å². The van der Waals surface area contributed by atoms with Crippen LogP contribution >= 0.6 is 11.8 Å². The van der Waals surface area contributed by atoms with Crippen LogP contribution in [0.25, 0.3) is 0 Å². The Kier molecular flexibility index (Phi) is 2.31. The van der Waals surface area contributed by atoms with Gasteiger partial charge in [-0.05, 0) is 0 Å². The first kappa shape index (κ1) is 8.31. The average molecular weight is 195 g/mol. The van der Waals surface area contributed by atoms with Crippen molar-refractivity contribution in [3.8, 4) is 0 Å². The zero-order valence-corrected chi connectivity index (χ0v) is 7.95. The Hall–Kier alpha value is -1.30. The fraction of sp³-hybridized carbons (Fsp3) is 0.286. The van der Waals surface area contributed by atoms with Gasteiger partial charge in [-0.15, -0.1) is 0 Å². The Morgan fingerprint density at radius 3 is 3.15 bits per heavy atom. The third-order valence-electron chi connectivity index (χ3n) is 1.59. The molecule has 0 fully saturated rings. The highest BCUT2D eigenvalue weighted by molar-refractivity contribution is 7.98. The summed E-state index contributed by atoms with van der Waals surface area (Å²) in [5.74, 6) is 0.864. The number of hydrogen-bond acceptors (Lipinski definition) is 4. The standard InChI is InChI=1S/C7H9N5S/c1-12-7(8-5-11-12)13-4-6-2-9-10-3-6/h2-3,5H,4H2,1H3,(H,9,10). The molecule has 0 bridgehead atoms. The molecule has 0 aliphatic rings. The molecule has 0 amide bonds. The van der Waals surface area contributed by atoms with Crippen molar-refractivity contribution < 1.29 is 0 Å². The predicted octanol–water partition coefficient (Wildman–Crippen LogP) is 0.831. The Morgan fingerprint density at radius 2 is 2.54 bits per heavy atom. The molecule has 13 heavy (non-hydrogen) atoms. The maximum Gasteiger partial charge on any atom is 0.186 e. The van der Waals surface area contributed by atoms with E-state index in [0.29, 0.717) is 0 Å². The summed E-state index contributed by atoms with van der Waals surface area (Å²) in [5, 5.41) is 11.5. The molecule has 1 N–H and O–H groups in total. The fourth-order valence-corrected chi connectivity index (χ4v) is 1.73. The van der Waals surface area contributed by atoms with Crippen molar-refractivity contribution in [1.82, 2.24) is 25.0 Å². The molecule has 0 aromatic carbocycles. The van der Waals surface area contributed by atoms with Gasteiger partial charge in [-0.25, -0.2) is 9.67 Å². The van der Waals surface area contributed by atoms with E-state index in [4.69, 9.17) is 0 Å². The van der Waals surface area contributed by atoms with Crippen LogP contribution in [0, 0.1) is 0 Å². The lowest BCUT2D eigenvalue weighted by Crippen LogP contribution is -1.92. The lowest BCUT2D eigenvalue weighted by molar-refractivity contribution is 0.685. The first-order valence-electron chi connectivity index (χ1n) is 3.81. The summed E-state index contributed by atoms with van der Waals surface area (Å²) in [6, 6.07) is 0. The molecule has 2 rings (SSSR count). The van der Waals surface area contributed by atoms with Crippen LogP contribution in [0.1, 0.15) is 5.56 Å². The highest BCUT2D eigenvalue weighted by Gasteiger charge is 2.01. The summed E-state index contributed by atoms with van der Waals surface area (Å²) in [4.78, 5) is 4.10. The third kappa shape index (κ3) is 1.89. The smallest absolute Gasteiger partial charge is 0.186 e. The summed E-state index contributed by atoms with van der Waals surface area (Å²) in [5.41, 5.74) is 1.16. The number of nitrogens with zero attached hydrogens (tertiary/aromatic N) is 4. The van der Waals surface area contributed by atoms with E-state index >= 15 is 0 Å². The molecule has 2 heterocycles. The number of nitrogens with one attached hydrogen (secondary N) is 1. The number of aromatic nitrogens is 5. The van der Waals surface area contributed by atoms with E-state index in [1.807, 2.05) is 19.4 Å². The zero-order valence-electron chi connectivity index (χ0n) is 7.14. The van der Waals surface area contributed by atoms with E-state index in [-0.39, 0.29) is 0 Å². The Balaban J connectivity index is 1.97. The largest absolute Gasteiger partial charge is 0.285 e. The number of aryl methyl sites for hydroxylation is 1. The van der Waals surface area contributed by atoms with Gasteiger partial charge in [0.15, 0.2) is 5.16 Å². The molecule has 0 spiro atoms. The van der Waals surface area contributed by atoms with Gasteiger partial charge in [0.05, 0.1) is 6.20 Å². The molecule has 0 aliphatic carbocycles. The van der Waals surface area contributed by atoms with Gasteiger partial charge < -0.3 is 0 Å². The van der Waals surface area contributed by atoms with Crippen molar-refractivity contribution in [2.45, 2.75) is 10.9 Å². The maximum atomic E-state index is 4.10. The lowest BCUT2D eigenvalue weighted by atomic mass is 10.4. The van der Waals surface area contributed by atoms with Gasteiger partial charge in [0.25, 0.3) is 0 Å². The van der Waals surface area contributed by atoms with Crippen LogP contribution in [0.15, 0.2) is 23.9 Å². The highest BCUT2D eigenvalue weighted by atomic mass is 32.2. The molecule has 5 nitrogen and oxygen atoms in total. The second-order valence-electron chi connectivity index (χ2n) is 2.56. The Labute approximate surface area is 79.6 Å². The topological polar surface area (TPSA) is 59.4 Å². The quantitative estimate of drug-likeness (QED) is 0.737. The first-order chi connectivity index (χ1) is 6.36. The summed E-state index contributed by atoms with van der Waals surface area (Å²) in [6.45, 7) is 0. The molecule has 0 aliphatic heterocycles. The van der Waals surface area contributed by atoms with Crippen molar-refractivity contribution in [3.05, 3.63) is 24.3 Å². The minimum atomic E-state index is 0.864. The van der Waals surface area contributed by atoms with Crippen molar-refractivity contribution in [1.29, 1.82) is 0 Å². The van der Waals surface area contributed by atoms with E-state index in [1.165, 1.54) is 0 Å². The summed E-state index contributed by atoms with van der Waals surface area (Å²) in [7, 11) is 1.88. The predicted molar refractivity (Wildman–Crippen MR) is 49.2 cm³/mol. The summed E-state index contributed by atoms with van der Waals surface area (Å²) < 4.78 is 1.75. The van der Waals surface area contributed by atoms with Crippen molar-refractivity contribution in [2.24, 2.45) is 7.05 Å². The zero-order chi connectivity index (χ0) is 9.10. The van der Waals surface area contributed by atoms with E-state index < -0.39 is 0 Å². The molecule has 0 radical (unpaired) electrons. The van der Waals surface area contributed by atoms with Gasteiger partial charge in [-0.3, -0.25) is 5.10 Å². The number of hydrogen-bond donors (Lipinski definition) is 1. The molecule has 0 atom stereocenters. The lowest BCUT2D eigenvalue weighted by Gasteiger charge is -1.96. The van der Waals surface area contributed by atoms with E-state index in [9.17, 15) is 0 Å². The Morgan fingerprint density at radius 1 is 1.62 bits per heavy atom. The molecular formula is C7H9N5S. The van der Waals surface area contributed by atoms with Crippen molar-refractivity contribution in [3.63, 3.8) is 0 Å². The highest BCUT2D eigenvalue weighted by Crippen LogP contribution is 2.18. The van der Waals surface area contributed by atoms with Crippen molar-refractivity contribution >= 4 is 11.8 Å². The second-order valence-corrected chi connectivity index (χ2v) is 3.50. The first-order valence-corrected chi connectivity index (χ1v) is 4.79. The number of rotatable bonds is 3. The number of H-pyrrole nitrogens is 1. The van der Waals surface area contributed by atoms with E-state index in [1.54, 1.807) is 22.8 Å². The average Bonchev–Trinajstić information content (AvgIpc) is 2.72. The van der Waals surface area contributed by atoms with Crippen LogP contribution in [0.4, 0.5) is 0 Å². The van der Waals surface area contributed by atoms with Crippen LogP contribution in [-0.2, 0) is 12.8 Å². The maximum absolute atomic E-state index is 4.10. The van der Waals surface area contributed by atoms with E-state index in [0.717, 1.165) is 16.5 Å². The molecule has 2 aromatic rings. The monoisotopic (exact) mass is 195 g/mol. The third-order valence-corrected chi connectivity index (χ3v) is 2.70. The normalized spacial score (nSPS) is 10.5. The van der Waals surface area contributed by atoms with Crippen LogP contribution in [-0.4, -0.2) is 25.0 Å². The van der Waals surface area contributed by atoms with Crippen LogP contribution in [0.3, 0.4) is 0 Å². The fourth-order valence-electron chi connectivity index (χ4n) is 0.921. The summed E-state index contributed by atoms with van der Waals surface area (Å²) in [6.07, 6.45) is 5.24. The van der Waals surface area contributed by atoms with Gasteiger partial charge in [0.1, 0.15) is 6.33 Å². The molecule has 0 unspecified atom stereocenters. The molecular weight excluding hydrogens is 186 g/mol. The van der Waals surface area contributed by atoms with Gasteiger partial charge >= 0.3 is 0 Å². The summed E-state index contributed by atoms with van der Waals surface area (Å²) >= 11 is 1.64. The molecule has 68 valence electrons. The molecule has 2 aromatic heterocycles. The second kappa shape index (κ2) is 3.61. The van der Waals surface area contributed by atoms with Gasteiger partial charge in [-0.2, -0.15) is 10.2 Å².